The van der Waals surface area contributed by atoms with Crippen molar-refractivity contribution in [3.8, 4) is 0 Å². The molecule has 26 heavy (non-hydrogen) atoms. The Kier molecular flexibility index (Phi) is 12.4. The first-order valence-corrected chi connectivity index (χ1v) is 8.79. The number of carbonyl (C=O) groups is 4. The highest BCUT2D eigenvalue weighted by atomic mass is 32.1. The van der Waals surface area contributed by atoms with Gasteiger partial charge in [0.15, 0.2) is 0 Å². The van der Waals surface area contributed by atoms with Gasteiger partial charge in [0.05, 0.1) is 12.1 Å². The lowest BCUT2D eigenvalue weighted by Gasteiger charge is -2.23. The molecule has 0 spiro atoms. The normalized spacial score (nSPS) is 13.9. The fourth-order valence-corrected chi connectivity index (χ4v) is 2.24. The van der Waals surface area contributed by atoms with Gasteiger partial charge in [0, 0.05) is 40.3 Å². The van der Waals surface area contributed by atoms with Gasteiger partial charge in [-0.3, -0.25) is 29.8 Å². The second-order valence-corrected chi connectivity index (χ2v) is 6.45. The molecule has 1 unspecified atom stereocenters. The van der Waals surface area contributed by atoms with Gasteiger partial charge >= 0.3 is 0 Å². The summed E-state index contributed by atoms with van der Waals surface area (Å²) in [6.07, 6.45) is 1.37. The lowest BCUT2D eigenvalue weighted by molar-refractivity contribution is -0.124. The number of likely N-dealkylation sites (N-methyl/N-ethyl adjacent to an activating group) is 2. The van der Waals surface area contributed by atoms with E-state index in [-0.39, 0.29) is 11.8 Å². The van der Waals surface area contributed by atoms with Crippen LogP contribution in [0.15, 0.2) is 0 Å². The Balaban J connectivity index is 4.11. The molecule has 3 atom stereocenters. The van der Waals surface area contributed by atoms with Crippen molar-refractivity contribution in [3.05, 3.63) is 0 Å². The second kappa shape index (κ2) is 13.4. The van der Waals surface area contributed by atoms with Crippen molar-refractivity contribution < 1.29 is 19.2 Å². The summed E-state index contributed by atoms with van der Waals surface area (Å²) in [7, 11) is 3.25. The molecule has 0 radical (unpaired) electrons. The van der Waals surface area contributed by atoms with E-state index >= 15 is 0 Å². The number of thiol groups is 1. The van der Waals surface area contributed by atoms with Crippen LogP contribution < -0.4 is 21.3 Å². The molecule has 0 aliphatic heterocycles. The van der Waals surface area contributed by atoms with E-state index in [1.165, 1.54) is 9.80 Å². The molecule has 4 amide bonds. The number of hydrogen-bond donors (Lipinski definition) is 5. The summed E-state index contributed by atoms with van der Waals surface area (Å²) in [4.78, 5) is 47.7. The second-order valence-electron chi connectivity index (χ2n) is 5.93. The van der Waals surface area contributed by atoms with Gasteiger partial charge in [-0.15, -0.1) is 12.6 Å². The van der Waals surface area contributed by atoms with Crippen molar-refractivity contribution >= 4 is 37.3 Å². The smallest absolute Gasteiger partial charge is 0.236 e. The van der Waals surface area contributed by atoms with Crippen LogP contribution in [0.2, 0.25) is 0 Å². The molecule has 0 aromatic heterocycles. The number of amides is 4. The summed E-state index contributed by atoms with van der Waals surface area (Å²) in [5, 5.41) is 11.2. The molecular formula is C15H30N6O4S. The van der Waals surface area contributed by atoms with Crippen molar-refractivity contribution in [2.24, 2.45) is 0 Å². The molecule has 0 saturated heterocycles. The monoisotopic (exact) mass is 390 g/mol. The van der Waals surface area contributed by atoms with Gasteiger partial charge in [-0.1, -0.05) is 0 Å². The molecule has 150 valence electrons. The molecule has 4 N–H and O–H groups in total. The number of hydrogen-bond acceptors (Lipinski definition) is 7. The van der Waals surface area contributed by atoms with Gasteiger partial charge < -0.3 is 20.4 Å². The van der Waals surface area contributed by atoms with Crippen LogP contribution in [0.1, 0.15) is 13.8 Å². The Morgan fingerprint density at radius 2 is 1.23 bits per heavy atom. The van der Waals surface area contributed by atoms with Gasteiger partial charge in [-0.2, -0.15) is 0 Å². The van der Waals surface area contributed by atoms with Gasteiger partial charge in [-0.25, -0.2) is 0 Å². The maximum atomic E-state index is 11.9. The lowest BCUT2D eigenvalue weighted by Crippen LogP contribution is -2.54. The molecule has 0 saturated carbocycles. The zero-order valence-electron chi connectivity index (χ0n) is 15.7. The summed E-state index contributed by atoms with van der Waals surface area (Å²) in [6, 6.07) is -1.08. The largest absolute Gasteiger partial charge is 0.353 e. The third-order valence-corrected chi connectivity index (χ3v) is 3.79. The van der Waals surface area contributed by atoms with Crippen LogP contribution >= 0.6 is 12.6 Å². The summed E-state index contributed by atoms with van der Waals surface area (Å²) >= 11 is 4.28. The molecule has 10 nitrogen and oxygen atoms in total. The van der Waals surface area contributed by atoms with Crippen molar-refractivity contribution in [3.63, 3.8) is 0 Å². The highest BCUT2D eigenvalue weighted by molar-refractivity contribution is 7.80. The highest BCUT2D eigenvalue weighted by Crippen LogP contribution is 1.94. The molecule has 0 aliphatic carbocycles. The molecule has 0 bridgehead atoms. The Labute approximate surface area is 159 Å². The van der Waals surface area contributed by atoms with Crippen molar-refractivity contribution in [1.29, 1.82) is 0 Å². The van der Waals surface area contributed by atoms with Gasteiger partial charge in [0.25, 0.3) is 0 Å². The number of rotatable bonds is 14. The van der Waals surface area contributed by atoms with E-state index in [1.807, 2.05) is 0 Å². The Hall–Kier alpha value is -1.85. The van der Waals surface area contributed by atoms with Crippen LogP contribution in [0.5, 0.6) is 0 Å². The van der Waals surface area contributed by atoms with Crippen LogP contribution in [0.25, 0.3) is 0 Å². The topological polar surface area (TPSA) is 123 Å². The third kappa shape index (κ3) is 10.9. The summed E-state index contributed by atoms with van der Waals surface area (Å²) in [6.45, 7) is 4.87. The molecule has 0 aliphatic rings. The van der Waals surface area contributed by atoms with Crippen LogP contribution in [0.3, 0.4) is 0 Å². The van der Waals surface area contributed by atoms with Crippen molar-refractivity contribution in [1.82, 2.24) is 31.1 Å². The Morgan fingerprint density at radius 1 is 0.885 bits per heavy atom. The Bertz CT molecular complexity index is 427. The van der Waals surface area contributed by atoms with E-state index < -0.39 is 17.6 Å². The van der Waals surface area contributed by atoms with E-state index in [1.54, 1.807) is 27.9 Å². The molecule has 0 aromatic carbocycles. The fraction of sp³-hybridized carbons (Fsp3) is 0.733. The highest BCUT2D eigenvalue weighted by Gasteiger charge is 2.19. The van der Waals surface area contributed by atoms with Gasteiger partial charge in [-0.05, 0) is 13.8 Å². The zero-order chi connectivity index (χ0) is 20.1. The number of nitrogens with one attached hydrogen (secondary N) is 4. The van der Waals surface area contributed by atoms with Crippen LogP contribution in [-0.4, -0.2) is 92.3 Å². The summed E-state index contributed by atoms with van der Waals surface area (Å²) in [5.74, 6) is -0.474. The average Bonchev–Trinajstić information content (AvgIpc) is 2.60. The molecule has 0 heterocycles. The van der Waals surface area contributed by atoms with E-state index in [0.717, 1.165) is 0 Å². The molecule has 0 fully saturated rings. The predicted octanol–water partition coefficient (Wildman–Crippen LogP) is -2.44. The standard InChI is InChI=1S/C15H30N6O4S/c1-11(13(24)16-5-7-20(3)9-22)18-15(26)19-12(2)14(25)17-6-8-21(4)10-23/h9-12,15,18-19,26H,5-8H2,1-4H3,(H,16,24)(H,17,25)/t11-,12+,15?. The van der Waals surface area contributed by atoms with Crippen LogP contribution in [0.4, 0.5) is 0 Å². The predicted molar refractivity (Wildman–Crippen MR) is 101 cm³/mol. The van der Waals surface area contributed by atoms with E-state index in [4.69, 9.17) is 0 Å². The van der Waals surface area contributed by atoms with Crippen molar-refractivity contribution in [2.45, 2.75) is 31.4 Å². The zero-order valence-corrected chi connectivity index (χ0v) is 16.6. The fourth-order valence-electron chi connectivity index (χ4n) is 1.80. The van der Waals surface area contributed by atoms with Crippen LogP contribution in [0, 0.1) is 0 Å². The maximum Gasteiger partial charge on any atom is 0.236 e. The SMILES string of the molecule is C[C@H](NC(S)N[C@H](C)C(=O)NCCN(C)C=O)C(=O)NCCN(C)C=O. The maximum absolute atomic E-state index is 11.9. The minimum Gasteiger partial charge on any atom is -0.353 e. The van der Waals surface area contributed by atoms with Gasteiger partial charge in [0.1, 0.15) is 5.50 Å². The summed E-state index contributed by atoms with van der Waals surface area (Å²) < 4.78 is 0. The molecule has 0 aromatic rings. The third-order valence-electron chi connectivity index (χ3n) is 3.49. The number of carbonyl (C=O) groups excluding carboxylic acids is 4. The van der Waals surface area contributed by atoms with Crippen molar-refractivity contribution in [2.75, 3.05) is 40.3 Å². The van der Waals surface area contributed by atoms with Crippen LogP contribution in [-0.2, 0) is 19.2 Å². The molecule has 0 rings (SSSR count). The summed E-state index contributed by atoms with van der Waals surface area (Å²) in [5.41, 5.74) is -0.577. The minimum atomic E-state index is -0.577. The molecule has 11 heteroatoms. The first-order chi connectivity index (χ1) is 12.2. The van der Waals surface area contributed by atoms with E-state index in [2.05, 4.69) is 33.9 Å². The number of nitrogens with zero attached hydrogens (tertiary/aromatic N) is 2. The average molecular weight is 391 g/mol. The minimum absolute atomic E-state index is 0.237. The van der Waals surface area contributed by atoms with E-state index in [0.29, 0.717) is 39.0 Å². The lowest BCUT2D eigenvalue weighted by atomic mass is 10.3. The molecular weight excluding hydrogens is 360 g/mol. The van der Waals surface area contributed by atoms with Gasteiger partial charge in [0.2, 0.25) is 24.6 Å². The Morgan fingerprint density at radius 3 is 1.54 bits per heavy atom. The van der Waals surface area contributed by atoms with E-state index in [9.17, 15) is 19.2 Å². The first kappa shape index (κ1) is 24.1. The first-order valence-electron chi connectivity index (χ1n) is 8.27. The quantitative estimate of drug-likeness (QED) is 0.128.